The quantitative estimate of drug-likeness (QED) is 0.776. The molecular weight excluding hydrogens is 290 g/mol. The van der Waals surface area contributed by atoms with Crippen LogP contribution in [-0.4, -0.2) is 26.1 Å². The van der Waals surface area contributed by atoms with Crippen LogP contribution in [0.4, 0.5) is 5.69 Å². The maximum atomic E-state index is 12.1. The Labute approximate surface area is 134 Å². The number of pyridine rings is 1. The highest BCUT2D eigenvalue weighted by molar-refractivity contribution is 5.92. The summed E-state index contributed by atoms with van der Waals surface area (Å²) >= 11 is 0. The summed E-state index contributed by atoms with van der Waals surface area (Å²) in [6, 6.07) is 11.3. The summed E-state index contributed by atoms with van der Waals surface area (Å²) in [5.41, 5.74) is 3.78. The first-order chi connectivity index (χ1) is 11.1. The zero-order valence-corrected chi connectivity index (χ0v) is 13.0. The summed E-state index contributed by atoms with van der Waals surface area (Å²) in [4.78, 5) is 20.6. The van der Waals surface area contributed by atoms with Gasteiger partial charge in [-0.2, -0.15) is 5.10 Å². The van der Waals surface area contributed by atoms with Gasteiger partial charge in [0.15, 0.2) is 5.82 Å². The topological polar surface area (TPSA) is 83.6 Å². The van der Waals surface area contributed by atoms with Crippen LogP contribution in [0.3, 0.4) is 0 Å². The molecule has 0 spiro atoms. The van der Waals surface area contributed by atoms with Gasteiger partial charge >= 0.3 is 0 Å². The zero-order chi connectivity index (χ0) is 16.2. The second kappa shape index (κ2) is 6.39. The average molecular weight is 307 g/mol. The number of aromatic amines is 1. The first-order valence-corrected chi connectivity index (χ1v) is 7.31. The SMILES string of the molecule is Cc1ccc(NC(=O)Cc2nc(-c3ccccn3)n[nH]2)cc1C. The lowest BCUT2D eigenvalue weighted by molar-refractivity contribution is -0.115. The number of benzene rings is 1. The van der Waals surface area contributed by atoms with E-state index in [2.05, 4.69) is 25.5 Å². The lowest BCUT2D eigenvalue weighted by Crippen LogP contribution is -2.15. The molecule has 0 saturated carbocycles. The van der Waals surface area contributed by atoms with Crippen LogP contribution in [0.25, 0.3) is 11.5 Å². The number of nitrogens with one attached hydrogen (secondary N) is 2. The predicted octanol–water partition coefficient (Wildman–Crippen LogP) is 2.66. The van der Waals surface area contributed by atoms with Gasteiger partial charge in [0.2, 0.25) is 5.91 Å². The number of H-pyrrole nitrogens is 1. The maximum Gasteiger partial charge on any atom is 0.232 e. The van der Waals surface area contributed by atoms with Crippen molar-refractivity contribution in [1.29, 1.82) is 0 Å². The molecule has 0 atom stereocenters. The van der Waals surface area contributed by atoms with Crippen molar-refractivity contribution in [2.24, 2.45) is 0 Å². The summed E-state index contributed by atoms with van der Waals surface area (Å²) in [6.45, 7) is 4.05. The molecule has 0 aliphatic heterocycles. The van der Waals surface area contributed by atoms with Crippen LogP contribution in [0.2, 0.25) is 0 Å². The molecule has 2 N–H and O–H groups in total. The number of aryl methyl sites for hydroxylation is 2. The molecule has 3 rings (SSSR count). The van der Waals surface area contributed by atoms with E-state index in [1.807, 2.05) is 50.2 Å². The van der Waals surface area contributed by atoms with Crippen molar-refractivity contribution < 1.29 is 4.79 Å². The molecule has 0 fully saturated rings. The van der Waals surface area contributed by atoms with E-state index in [-0.39, 0.29) is 12.3 Å². The predicted molar refractivity (Wildman–Crippen MR) is 87.9 cm³/mol. The van der Waals surface area contributed by atoms with Crippen LogP contribution in [0.15, 0.2) is 42.6 Å². The van der Waals surface area contributed by atoms with Crippen molar-refractivity contribution in [2.45, 2.75) is 20.3 Å². The Morgan fingerprint density at radius 1 is 1.17 bits per heavy atom. The molecule has 23 heavy (non-hydrogen) atoms. The standard InChI is InChI=1S/C17H17N5O/c1-11-6-7-13(9-12(11)2)19-16(23)10-15-20-17(22-21-15)14-5-3-4-8-18-14/h3-9H,10H2,1-2H3,(H,19,23)(H,20,21,22). The molecule has 6 heteroatoms. The van der Waals surface area contributed by atoms with Gasteiger partial charge in [0.25, 0.3) is 0 Å². The second-order valence-corrected chi connectivity index (χ2v) is 5.34. The van der Waals surface area contributed by atoms with E-state index < -0.39 is 0 Å². The highest BCUT2D eigenvalue weighted by Crippen LogP contribution is 2.15. The fourth-order valence-corrected chi connectivity index (χ4v) is 2.16. The summed E-state index contributed by atoms with van der Waals surface area (Å²) in [5, 5.41) is 9.74. The molecule has 0 aliphatic carbocycles. The summed E-state index contributed by atoms with van der Waals surface area (Å²) in [7, 11) is 0. The molecule has 0 unspecified atom stereocenters. The fraction of sp³-hybridized carbons (Fsp3) is 0.176. The van der Waals surface area contributed by atoms with Crippen molar-refractivity contribution in [3.63, 3.8) is 0 Å². The Kier molecular flexibility index (Phi) is 4.14. The number of aromatic nitrogens is 4. The van der Waals surface area contributed by atoms with E-state index in [4.69, 9.17) is 0 Å². The Morgan fingerprint density at radius 2 is 2.04 bits per heavy atom. The zero-order valence-electron chi connectivity index (χ0n) is 13.0. The van der Waals surface area contributed by atoms with Gasteiger partial charge in [0, 0.05) is 11.9 Å². The lowest BCUT2D eigenvalue weighted by Gasteiger charge is -2.06. The molecule has 3 aromatic rings. The van der Waals surface area contributed by atoms with E-state index in [0.29, 0.717) is 17.3 Å². The number of carbonyl (C=O) groups excluding carboxylic acids is 1. The Morgan fingerprint density at radius 3 is 2.78 bits per heavy atom. The Balaban J connectivity index is 1.66. The molecule has 1 amide bonds. The normalized spacial score (nSPS) is 10.5. The van der Waals surface area contributed by atoms with Gasteiger partial charge in [-0.15, -0.1) is 0 Å². The fourth-order valence-electron chi connectivity index (χ4n) is 2.16. The number of hydrogen-bond donors (Lipinski definition) is 2. The summed E-state index contributed by atoms with van der Waals surface area (Å²) in [5.74, 6) is 0.851. The molecule has 2 aromatic heterocycles. The highest BCUT2D eigenvalue weighted by atomic mass is 16.1. The third-order valence-electron chi connectivity index (χ3n) is 3.54. The molecule has 0 radical (unpaired) electrons. The smallest absolute Gasteiger partial charge is 0.232 e. The van der Waals surface area contributed by atoms with Crippen LogP contribution in [0.5, 0.6) is 0 Å². The average Bonchev–Trinajstić information content (AvgIpc) is 3.00. The maximum absolute atomic E-state index is 12.1. The molecule has 1 aromatic carbocycles. The number of carbonyl (C=O) groups is 1. The van der Waals surface area contributed by atoms with Crippen LogP contribution in [0.1, 0.15) is 17.0 Å². The van der Waals surface area contributed by atoms with Crippen molar-refractivity contribution in [3.05, 3.63) is 59.5 Å². The minimum Gasteiger partial charge on any atom is -0.326 e. The lowest BCUT2D eigenvalue weighted by atomic mass is 10.1. The number of hydrogen-bond acceptors (Lipinski definition) is 4. The second-order valence-electron chi connectivity index (χ2n) is 5.34. The van der Waals surface area contributed by atoms with Gasteiger partial charge in [-0.05, 0) is 49.2 Å². The summed E-state index contributed by atoms with van der Waals surface area (Å²) < 4.78 is 0. The van der Waals surface area contributed by atoms with Crippen LogP contribution < -0.4 is 5.32 Å². The third-order valence-corrected chi connectivity index (χ3v) is 3.54. The molecule has 6 nitrogen and oxygen atoms in total. The Hall–Kier alpha value is -3.02. The van der Waals surface area contributed by atoms with Crippen LogP contribution in [-0.2, 0) is 11.2 Å². The minimum atomic E-state index is -0.142. The van der Waals surface area contributed by atoms with Gasteiger partial charge in [-0.25, -0.2) is 4.98 Å². The van der Waals surface area contributed by atoms with Gasteiger partial charge in [-0.3, -0.25) is 14.9 Å². The van der Waals surface area contributed by atoms with Crippen LogP contribution >= 0.6 is 0 Å². The monoisotopic (exact) mass is 307 g/mol. The largest absolute Gasteiger partial charge is 0.326 e. The van der Waals surface area contributed by atoms with Gasteiger partial charge in [0.05, 0.1) is 6.42 Å². The van der Waals surface area contributed by atoms with Crippen molar-refractivity contribution in [3.8, 4) is 11.5 Å². The first kappa shape index (κ1) is 14.9. The van der Waals surface area contributed by atoms with Gasteiger partial charge in [-0.1, -0.05) is 12.1 Å². The van der Waals surface area contributed by atoms with E-state index in [1.54, 1.807) is 6.20 Å². The molecular formula is C17H17N5O. The van der Waals surface area contributed by atoms with E-state index in [1.165, 1.54) is 5.56 Å². The number of rotatable bonds is 4. The molecule has 0 bridgehead atoms. The Bertz CT molecular complexity index is 826. The third kappa shape index (κ3) is 3.60. The highest BCUT2D eigenvalue weighted by Gasteiger charge is 2.11. The van der Waals surface area contributed by atoms with Gasteiger partial charge in [0.1, 0.15) is 11.5 Å². The minimum absolute atomic E-state index is 0.132. The molecule has 0 aliphatic rings. The van der Waals surface area contributed by atoms with Crippen LogP contribution in [0, 0.1) is 13.8 Å². The number of amides is 1. The van der Waals surface area contributed by atoms with Crippen molar-refractivity contribution >= 4 is 11.6 Å². The summed E-state index contributed by atoms with van der Waals surface area (Å²) in [6.07, 6.45) is 1.81. The molecule has 0 saturated heterocycles. The molecule has 2 heterocycles. The first-order valence-electron chi connectivity index (χ1n) is 7.31. The van der Waals surface area contributed by atoms with E-state index in [0.717, 1.165) is 11.3 Å². The van der Waals surface area contributed by atoms with E-state index >= 15 is 0 Å². The van der Waals surface area contributed by atoms with E-state index in [9.17, 15) is 4.79 Å². The number of nitrogens with zero attached hydrogens (tertiary/aromatic N) is 3. The van der Waals surface area contributed by atoms with Crippen molar-refractivity contribution in [1.82, 2.24) is 20.2 Å². The molecule has 116 valence electrons. The number of anilines is 1. The van der Waals surface area contributed by atoms with Gasteiger partial charge < -0.3 is 5.32 Å². The van der Waals surface area contributed by atoms with Crippen molar-refractivity contribution in [2.75, 3.05) is 5.32 Å².